The summed E-state index contributed by atoms with van der Waals surface area (Å²) in [5.41, 5.74) is 8.06. The Labute approximate surface area is 194 Å². The van der Waals surface area contributed by atoms with Crippen LogP contribution in [-0.2, 0) is 19.5 Å². The number of hydrogen-bond donors (Lipinski definition) is 2. The van der Waals surface area contributed by atoms with Gasteiger partial charge in [-0.1, -0.05) is 12.1 Å². The Bertz CT molecular complexity index is 1700. The summed E-state index contributed by atoms with van der Waals surface area (Å²) < 4.78 is 2.05. The van der Waals surface area contributed by atoms with E-state index in [0.29, 0.717) is 25.5 Å². The molecule has 0 fully saturated rings. The third-order valence-corrected chi connectivity index (χ3v) is 6.59. The van der Waals surface area contributed by atoms with E-state index in [-0.39, 0.29) is 0 Å². The van der Waals surface area contributed by atoms with Crippen molar-refractivity contribution in [2.24, 2.45) is 0 Å². The summed E-state index contributed by atoms with van der Waals surface area (Å²) >= 11 is 0. The van der Waals surface area contributed by atoms with Gasteiger partial charge in [0.2, 0.25) is 0 Å². The largest absolute Gasteiger partial charge is 0.358 e. The molecule has 4 aromatic heterocycles. The van der Waals surface area contributed by atoms with E-state index in [1.807, 2.05) is 30.7 Å². The molecule has 1 aliphatic rings. The monoisotopic (exact) mass is 447 g/mol. The number of rotatable bonds is 3. The third-order valence-electron chi connectivity index (χ3n) is 6.59. The second-order valence-corrected chi connectivity index (χ2v) is 8.79. The number of nitrogens with zero attached hydrogens (tertiary/aromatic N) is 6. The fraction of sp³-hybridized carbons (Fsp3) is 0.154. The highest BCUT2D eigenvalue weighted by Gasteiger charge is 2.20. The first-order valence-electron chi connectivity index (χ1n) is 11.3. The van der Waals surface area contributed by atoms with Crippen LogP contribution in [0.2, 0.25) is 0 Å². The maximum Gasteiger partial charge on any atom is 0.164 e. The van der Waals surface area contributed by atoms with Crippen LogP contribution in [0.15, 0.2) is 67.3 Å². The predicted octanol–water partition coefficient (Wildman–Crippen LogP) is 4.32. The molecule has 0 atom stereocenters. The summed E-state index contributed by atoms with van der Waals surface area (Å²) in [6.45, 7) is 1.82. The fourth-order valence-corrected chi connectivity index (χ4v) is 4.87. The third kappa shape index (κ3) is 3.15. The van der Waals surface area contributed by atoms with E-state index in [2.05, 4.69) is 54.8 Å². The van der Waals surface area contributed by atoms with Crippen LogP contribution in [0.3, 0.4) is 0 Å². The van der Waals surface area contributed by atoms with Gasteiger partial charge in [-0.15, -0.1) is 0 Å². The molecule has 166 valence electrons. The zero-order chi connectivity index (χ0) is 22.6. The number of benzene rings is 2. The molecule has 0 saturated carbocycles. The Kier molecular flexibility index (Phi) is 4.23. The summed E-state index contributed by atoms with van der Waals surface area (Å²) in [6.07, 6.45) is 6.22. The second kappa shape index (κ2) is 7.44. The minimum absolute atomic E-state index is 0.521. The zero-order valence-electron chi connectivity index (χ0n) is 18.3. The summed E-state index contributed by atoms with van der Waals surface area (Å²) in [4.78, 5) is 21.9. The van der Waals surface area contributed by atoms with Gasteiger partial charge in [-0.05, 0) is 47.5 Å². The van der Waals surface area contributed by atoms with Crippen LogP contribution in [0.1, 0.15) is 16.8 Å². The number of fused-ring (bicyclic) bond motifs is 5. The number of imidazole rings is 1. The summed E-state index contributed by atoms with van der Waals surface area (Å²) in [5.74, 6) is 0.658. The zero-order valence-corrected chi connectivity index (χ0v) is 18.3. The van der Waals surface area contributed by atoms with Gasteiger partial charge in [0.25, 0.3) is 0 Å². The molecule has 2 aromatic carbocycles. The van der Waals surface area contributed by atoms with Crippen LogP contribution >= 0.6 is 0 Å². The molecule has 0 radical (unpaired) electrons. The first-order chi connectivity index (χ1) is 16.7. The second-order valence-electron chi connectivity index (χ2n) is 8.79. The van der Waals surface area contributed by atoms with Crippen molar-refractivity contribution in [2.75, 3.05) is 6.54 Å². The molecule has 2 N–H and O–H groups in total. The van der Waals surface area contributed by atoms with Gasteiger partial charge in [-0.3, -0.25) is 4.98 Å². The van der Waals surface area contributed by atoms with Gasteiger partial charge in [0.1, 0.15) is 5.52 Å². The van der Waals surface area contributed by atoms with E-state index < -0.39 is 0 Å². The van der Waals surface area contributed by atoms with Crippen LogP contribution < -0.4 is 0 Å². The lowest BCUT2D eigenvalue weighted by Gasteiger charge is -2.20. The lowest BCUT2D eigenvalue weighted by Crippen LogP contribution is -2.26. The number of pyridine rings is 1. The van der Waals surface area contributed by atoms with Crippen LogP contribution in [0.4, 0.5) is 0 Å². The van der Waals surface area contributed by atoms with Crippen molar-refractivity contribution < 1.29 is 5.21 Å². The molecule has 8 nitrogen and oxygen atoms in total. The highest BCUT2D eigenvalue weighted by Crippen LogP contribution is 2.30. The molecule has 0 unspecified atom stereocenters. The molecule has 34 heavy (non-hydrogen) atoms. The number of H-pyrrole nitrogens is 1. The topological polar surface area (TPSA) is 95.8 Å². The molecule has 0 spiro atoms. The van der Waals surface area contributed by atoms with Crippen LogP contribution in [0.5, 0.6) is 0 Å². The molecule has 1 aliphatic heterocycles. The molecule has 0 aliphatic carbocycles. The number of aromatic amines is 1. The average Bonchev–Trinajstić information content (AvgIpc) is 3.44. The Hall–Kier alpha value is -4.14. The Balaban J connectivity index is 1.28. The first-order valence-corrected chi connectivity index (χ1v) is 11.3. The number of hydrogen-bond acceptors (Lipinski definition) is 6. The van der Waals surface area contributed by atoms with Crippen molar-refractivity contribution in [1.82, 2.24) is 34.6 Å². The van der Waals surface area contributed by atoms with E-state index >= 15 is 0 Å². The summed E-state index contributed by atoms with van der Waals surface area (Å²) in [5, 5.41) is 13.6. The van der Waals surface area contributed by atoms with Gasteiger partial charge in [0.05, 0.1) is 31.1 Å². The normalized spacial score (nSPS) is 14.3. The molecular formula is C26H21N7O. The van der Waals surface area contributed by atoms with E-state index in [4.69, 9.17) is 4.98 Å². The van der Waals surface area contributed by atoms with Crippen molar-refractivity contribution >= 4 is 33.0 Å². The number of aromatic nitrogens is 6. The highest BCUT2D eigenvalue weighted by atomic mass is 16.5. The standard InChI is InChI=1S/C26H21N7O/c34-33-9-7-23-20(14-33)19-11-18(4-6-22(19)30-23)25-28-12-24-26(31-25)32(15-29-24)13-16-3-5-21-17(10-16)2-1-8-27-21/h1-6,8,10-12,15,30,34H,7,9,13-14H2. The number of nitrogens with one attached hydrogen (secondary N) is 1. The molecule has 6 aromatic rings. The van der Waals surface area contributed by atoms with E-state index in [9.17, 15) is 5.21 Å². The maximum atomic E-state index is 10.0. The quantitative estimate of drug-likeness (QED) is 0.420. The fourth-order valence-electron chi connectivity index (χ4n) is 4.87. The van der Waals surface area contributed by atoms with Crippen molar-refractivity contribution in [3.05, 3.63) is 84.1 Å². The molecule has 0 amide bonds. The molecular weight excluding hydrogens is 426 g/mol. The van der Waals surface area contributed by atoms with Gasteiger partial charge in [-0.2, -0.15) is 5.06 Å². The Morgan fingerprint density at radius 3 is 2.94 bits per heavy atom. The highest BCUT2D eigenvalue weighted by molar-refractivity contribution is 5.89. The summed E-state index contributed by atoms with van der Waals surface area (Å²) in [6, 6.07) is 16.5. The van der Waals surface area contributed by atoms with Crippen molar-refractivity contribution in [3.8, 4) is 11.4 Å². The van der Waals surface area contributed by atoms with Gasteiger partial charge >= 0.3 is 0 Å². The van der Waals surface area contributed by atoms with Gasteiger partial charge in [-0.25, -0.2) is 15.0 Å². The van der Waals surface area contributed by atoms with Crippen LogP contribution in [-0.4, -0.2) is 46.3 Å². The minimum Gasteiger partial charge on any atom is -0.358 e. The Morgan fingerprint density at radius 1 is 1.00 bits per heavy atom. The van der Waals surface area contributed by atoms with Gasteiger partial charge in [0, 0.05) is 46.7 Å². The van der Waals surface area contributed by atoms with E-state index in [1.165, 1.54) is 10.8 Å². The van der Waals surface area contributed by atoms with Crippen LogP contribution in [0.25, 0.3) is 44.4 Å². The summed E-state index contributed by atoms with van der Waals surface area (Å²) in [7, 11) is 0. The SMILES string of the molecule is ON1CCc2[nH]c3ccc(-c4ncc5ncn(Cc6ccc7ncccc7c6)c5n4)cc3c2C1. The van der Waals surface area contributed by atoms with E-state index in [1.54, 1.807) is 6.20 Å². The molecule has 7 rings (SSSR count). The molecule has 5 heterocycles. The maximum absolute atomic E-state index is 10.0. The lowest BCUT2D eigenvalue weighted by atomic mass is 10.0. The molecule has 8 heteroatoms. The smallest absolute Gasteiger partial charge is 0.164 e. The van der Waals surface area contributed by atoms with Gasteiger partial charge < -0.3 is 14.8 Å². The molecule has 0 saturated heterocycles. The Morgan fingerprint density at radius 2 is 1.97 bits per heavy atom. The van der Waals surface area contributed by atoms with Crippen molar-refractivity contribution in [3.63, 3.8) is 0 Å². The first kappa shape index (κ1) is 19.3. The lowest BCUT2D eigenvalue weighted by molar-refractivity contribution is -0.103. The van der Waals surface area contributed by atoms with Gasteiger partial charge in [0.15, 0.2) is 11.5 Å². The average molecular weight is 448 g/mol. The van der Waals surface area contributed by atoms with Crippen LogP contribution in [0, 0.1) is 0 Å². The minimum atomic E-state index is 0.521. The van der Waals surface area contributed by atoms with Crippen molar-refractivity contribution in [1.29, 1.82) is 0 Å². The van der Waals surface area contributed by atoms with Crippen molar-refractivity contribution in [2.45, 2.75) is 19.5 Å². The molecule has 0 bridgehead atoms. The number of hydroxylamine groups is 2. The predicted molar refractivity (Wildman–Crippen MR) is 129 cm³/mol. The van der Waals surface area contributed by atoms with E-state index in [0.717, 1.165) is 56.1 Å².